The van der Waals surface area contributed by atoms with Crippen molar-refractivity contribution in [2.75, 3.05) is 11.3 Å². The third kappa shape index (κ3) is 4.53. The lowest BCUT2D eigenvalue weighted by Gasteiger charge is -2.09. The molecule has 0 aromatic heterocycles. The molecule has 0 aliphatic carbocycles. The Balaban J connectivity index is 2.22. The Labute approximate surface area is 144 Å². The lowest BCUT2D eigenvalue weighted by atomic mass is 10.3. The first-order chi connectivity index (χ1) is 11.7. The fraction of sp³-hybridized carbons (Fsp3) is 0.143. The average molecular weight is 385 g/mol. The monoisotopic (exact) mass is 385 g/mol. The minimum atomic E-state index is -3.95. The number of non-ortho nitro benzene ring substituents is 1. The van der Waals surface area contributed by atoms with Crippen LogP contribution in [0.5, 0.6) is 0 Å². The molecule has 0 spiro atoms. The molecule has 0 saturated carbocycles. The summed E-state index contributed by atoms with van der Waals surface area (Å²) in [5, 5.41) is 10.6. The van der Waals surface area contributed by atoms with E-state index in [1.165, 1.54) is 24.3 Å². The van der Waals surface area contributed by atoms with Gasteiger partial charge in [0.1, 0.15) is 0 Å². The first-order valence-electron chi connectivity index (χ1n) is 7.03. The zero-order valence-electron chi connectivity index (χ0n) is 13.0. The average Bonchev–Trinajstić information content (AvgIpc) is 2.55. The SMILES string of the molecule is CCNS(=O)(=O)c1ccc(NS(=O)(=O)c2ccc([N+](=O)[O-])cc2)cc1. The minimum Gasteiger partial charge on any atom is -0.280 e. The fourth-order valence-corrected chi connectivity index (χ4v) is 4.04. The van der Waals surface area contributed by atoms with E-state index in [9.17, 15) is 26.9 Å². The molecule has 0 aliphatic rings. The molecule has 0 bridgehead atoms. The van der Waals surface area contributed by atoms with Crippen molar-refractivity contribution in [3.63, 3.8) is 0 Å². The van der Waals surface area contributed by atoms with Crippen LogP contribution in [-0.4, -0.2) is 28.3 Å². The summed E-state index contributed by atoms with van der Waals surface area (Å²) in [5.41, 5.74) is -0.0641. The number of hydrogen-bond donors (Lipinski definition) is 2. The summed E-state index contributed by atoms with van der Waals surface area (Å²) in [7, 11) is -7.58. The van der Waals surface area contributed by atoms with Crippen molar-refractivity contribution in [1.29, 1.82) is 0 Å². The van der Waals surface area contributed by atoms with Gasteiger partial charge in [0.25, 0.3) is 15.7 Å². The van der Waals surface area contributed by atoms with Crippen LogP contribution in [0.15, 0.2) is 58.3 Å². The second-order valence-corrected chi connectivity index (χ2v) is 8.33. The number of sulfonamides is 2. The number of nitrogens with one attached hydrogen (secondary N) is 2. The van der Waals surface area contributed by atoms with Crippen molar-refractivity contribution in [3.8, 4) is 0 Å². The summed E-state index contributed by atoms with van der Waals surface area (Å²) in [4.78, 5) is 9.82. The van der Waals surface area contributed by atoms with E-state index in [0.29, 0.717) is 0 Å². The Morgan fingerprint density at radius 2 is 1.36 bits per heavy atom. The van der Waals surface area contributed by atoms with Crippen molar-refractivity contribution >= 4 is 31.4 Å². The predicted octanol–water partition coefficient (Wildman–Crippen LogP) is 1.69. The largest absolute Gasteiger partial charge is 0.280 e. The van der Waals surface area contributed by atoms with E-state index >= 15 is 0 Å². The zero-order chi connectivity index (χ0) is 18.7. The van der Waals surface area contributed by atoms with Gasteiger partial charge in [-0.1, -0.05) is 6.92 Å². The van der Waals surface area contributed by atoms with Crippen molar-refractivity contribution in [3.05, 3.63) is 58.6 Å². The number of anilines is 1. The van der Waals surface area contributed by atoms with Crippen LogP contribution in [0.4, 0.5) is 11.4 Å². The standard InChI is InChI=1S/C14H15N3O6S2/c1-2-15-24(20,21)13-7-3-11(4-8-13)16-25(22,23)14-9-5-12(6-10-14)17(18)19/h3-10,15-16H,2H2,1H3. The molecule has 0 unspecified atom stereocenters. The molecule has 0 fully saturated rings. The fourth-order valence-electron chi connectivity index (χ4n) is 1.94. The molecular weight excluding hydrogens is 370 g/mol. The van der Waals surface area contributed by atoms with Gasteiger partial charge in [0, 0.05) is 24.4 Å². The van der Waals surface area contributed by atoms with Gasteiger partial charge in [-0.05, 0) is 36.4 Å². The Bertz CT molecular complexity index is 968. The van der Waals surface area contributed by atoms with Crippen LogP contribution >= 0.6 is 0 Å². The first kappa shape index (κ1) is 18.8. The molecule has 0 radical (unpaired) electrons. The Morgan fingerprint density at radius 3 is 1.84 bits per heavy atom. The van der Waals surface area contributed by atoms with E-state index in [2.05, 4.69) is 9.44 Å². The minimum absolute atomic E-state index is 0.00707. The zero-order valence-corrected chi connectivity index (χ0v) is 14.7. The Morgan fingerprint density at radius 1 is 0.880 bits per heavy atom. The van der Waals surface area contributed by atoms with Crippen LogP contribution in [0.1, 0.15) is 6.92 Å². The predicted molar refractivity (Wildman–Crippen MR) is 91.2 cm³/mol. The van der Waals surface area contributed by atoms with Crippen LogP contribution in [0.3, 0.4) is 0 Å². The number of benzene rings is 2. The smallest absolute Gasteiger partial charge is 0.269 e. The molecule has 0 amide bonds. The Hall–Kier alpha value is -2.50. The van der Waals surface area contributed by atoms with Crippen LogP contribution in [0, 0.1) is 10.1 Å². The molecule has 0 aliphatic heterocycles. The number of hydrogen-bond acceptors (Lipinski definition) is 6. The maximum Gasteiger partial charge on any atom is 0.269 e. The van der Waals surface area contributed by atoms with E-state index in [-0.39, 0.29) is 27.7 Å². The maximum atomic E-state index is 12.3. The summed E-state index contributed by atoms with van der Waals surface area (Å²) in [6, 6.07) is 9.56. The van der Waals surface area contributed by atoms with Crippen LogP contribution in [-0.2, 0) is 20.0 Å². The van der Waals surface area contributed by atoms with Gasteiger partial charge in [-0.15, -0.1) is 0 Å². The van der Waals surface area contributed by atoms with E-state index in [0.717, 1.165) is 24.3 Å². The number of nitro groups is 1. The van der Waals surface area contributed by atoms with Crippen molar-refractivity contribution < 1.29 is 21.8 Å². The lowest BCUT2D eigenvalue weighted by Crippen LogP contribution is -2.23. The molecule has 0 atom stereocenters. The highest BCUT2D eigenvalue weighted by Crippen LogP contribution is 2.20. The highest BCUT2D eigenvalue weighted by Gasteiger charge is 2.17. The van der Waals surface area contributed by atoms with Gasteiger partial charge in [0.05, 0.1) is 14.7 Å². The highest BCUT2D eigenvalue weighted by molar-refractivity contribution is 7.92. The van der Waals surface area contributed by atoms with Gasteiger partial charge < -0.3 is 0 Å². The van der Waals surface area contributed by atoms with Crippen LogP contribution in [0.2, 0.25) is 0 Å². The van der Waals surface area contributed by atoms with Gasteiger partial charge >= 0.3 is 0 Å². The van der Waals surface area contributed by atoms with Crippen molar-refractivity contribution in [2.45, 2.75) is 16.7 Å². The first-order valence-corrected chi connectivity index (χ1v) is 9.99. The molecule has 0 heterocycles. The third-order valence-corrected chi connectivity index (χ3v) is 6.07. The number of nitro benzene ring substituents is 1. The normalized spacial score (nSPS) is 11.9. The second-order valence-electron chi connectivity index (χ2n) is 4.88. The summed E-state index contributed by atoms with van der Waals surface area (Å²) >= 11 is 0. The molecular formula is C14H15N3O6S2. The quantitative estimate of drug-likeness (QED) is 0.550. The van der Waals surface area contributed by atoms with E-state index < -0.39 is 25.0 Å². The van der Waals surface area contributed by atoms with Gasteiger partial charge in [-0.2, -0.15) is 0 Å². The Kier molecular flexibility index (Phi) is 5.40. The molecule has 134 valence electrons. The molecule has 11 heteroatoms. The summed E-state index contributed by atoms with van der Waals surface area (Å²) < 4.78 is 52.8. The summed E-state index contributed by atoms with van der Waals surface area (Å²) in [6.07, 6.45) is 0. The third-order valence-electron chi connectivity index (χ3n) is 3.11. The number of nitrogens with zero attached hydrogens (tertiary/aromatic N) is 1. The maximum absolute atomic E-state index is 12.3. The molecule has 2 N–H and O–H groups in total. The van der Waals surface area contributed by atoms with Gasteiger partial charge in [0.15, 0.2) is 0 Å². The molecule has 0 saturated heterocycles. The molecule has 2 aromatic rings. The van der Waals surface area contributed by atoms with Gasteiger partial charge in [0.2, 0.25) is 10.0 Å². The van der Waals surface area contributed by atoms with E-state index in [1.807, 2.05) is 0 Å². The molecule has 9 nitrogen and oxygen atoms in total. The second kappa shape index (κ2) is 7.17. The van der Waals surface area contributed by atoms with E-state index in [1.54, 1.807) is 6.92 Å². The van der Waals surface area contributed by atoms with Gasteiger partial charge in [-0.3, -0.25) is 14.8 Å². The van der Waals surface area contributed by atoms with Gasteiger partial charge in [-0.25, -0.2) is 21.6 Å². The highest BCUT2D eigenvalue weighted by atomic mass is 32.2. The number of rotatable bonds is 7. The lowest BCUT2D eigenvalue weighted by molar-refractivity contribution is -0.384. The van der Waals surface area contributed by atoms with Crippen molar-refractivity contribution in [2.24, 2.45) is 0 Å². The van der Waals surface area contributed by atoms with Crippen molar-refractivity contribution in [1.82, 2.24) is 4.72 Å². The summed E-state index contributed by atoms with van der Waals surface area (Å²) in [5.74, 6) is 0. The topological polar surface area (TPSA) is 135 Å². The van der Waals surface area contributed by atoms with Crippen LogP contribution in [0.25, 0.3) is 0 Å². The molecule has 2 aromatic carbocycles. The molecule has 25 heavy (non-hydrogen) atoms. The van der Waals surface area contributed by atoms with E-state index in [4.69, 9.17) is 0 Å². The molecule has 2 rings (SSSR count). The summed E-state index contributed by atoms with van der Waals surface area (Å²) in [6.45, 7) is 1.88. The van der Waals surface area contributed by atoms with Crippen LogP contribution < -0.4 is 9.44 Å².